The van der Waals surface area contributed by atoms with Gasteiger partial charge >= 0.3 is 20.2 Å². The molecule has 0 aromatic heterocycles. The molecule has 3 atom stereocenters. The highest BCUT2D eigenvalue weighted by atomic mass is 16.5. The fraction of sp³-hybridized carbons (Fsp3) is 0.429. The number of aliphatic carboxylic acids is 1. The average Bonchev–Trinajstić information content (AvgIpc) is 3.64. The van der Waals surface area contributed by atoms with Crippen molar-refractivity contribution in [1.29, 1.82) is 0 Å². The van der Waals surface area contributed by atoms with Crippen LogP contribution in [0.1, 0.15) is 65.0 Å². The quantitative estimate of drug-likeness (QED) is 0.238. The topological polar surface area (TPSA) is 175 Å². The zero-order valence-corrected chi connectivity index (χ0v) is 23.4. The molecule has 0 bridgehead atoms. The Morgan fingerprint density at radius 2 is 1.57 bits per heavy atom. The molecular formula is C28H33B2N3O9. The van der Waals surface area contributed by atoms with Gasteiger partial charge in [0, 0.05) is 29.8 Å². The first-order valence-corrected chi connectivity index (χ1v) is 14.0. The number of likely N-dealkylation sites (tertiary alicyclic amines) is 1. The Balaban J connectivity index is 1.37. The molecule has 5 rings (SSSR count). The van der Waals surface area contributed by atoms with Crippen LogP contribution >= 0.6 is 0 Å². The van der Waals surface area contributed by atoms with E-state index < -0.39 is 56.1 Å². The first-order chi connectivity index (χ1) is 20.0. The van der Waals surface area contributed by atoms with Crippen molar-refractivity contribution in [3.05, 3.63) is 58.7 Å². The van der Waals surface area contributed by atoms with Crippen molar-refractivity contribution in [2.45, 2.75) is 64.4 Å². The molecule has 3 heterocycles. The number of rotatable bonds is 9. The van der Waals surface area contributed by atoms with Crippen LogP contribution in [0.4, 0.5) is 0 Å². The Bertz CT molecular complexity index is 1400. The van der Waals surface area contributed by atoms with Crippen LogP contribution in [-0.2, 0) is 32.1 Å². The van der Waals surface area contributed by atoms with Crippen molar-refractivity contribution in [3.63, 3.8) is 0 Å². The van der Waals surface area contributed by atoms with Gasteiger partial charge in [-0.3, -0.25) is 19.2 Å². The predicted octanol–water partition coefficient (Wildman–Crippen LogP) is -0.859. The molecular weight excluding hydrogens is 544 g/mol. The maximum atomic E-state index is 13.8. The van der Waals surface area contributed by atoms with E-state index >= 15 is 0 Å². The van der Waals surface area contributed by atoms with E-state index in [9.17, 15) is 34.3 Å². The van der Waals surface area contributed by atoms with Gasteiger partial charge in [-0.05, 0) is 65.1 Å². The van der Waals surface area contributed by atoms with Crippen molar-refractivity contribution >= 4 is 48.9 Å². The SMILES string of the molecule is CC(C)C[C@@H](CC(=O)O)NC(=O)[C@@H]1CC(NC(=O)c2ccc3c(c2)B(O)OC3)CN1C(=O)c1ccc2c(c1)B(O)OC2. The fourth-order valence-electron chi connectivity index (χ4n) is 5.82. The van der Waals surface area contributed by atoms with E-state index in [2.05, 4.69) is 10.6 Å². The van der Waals surface area contributed by atoms with Crippen molar-refractivity contribution < 1.29 is 43.6 Å². The van der Waals surface area contributed by atoms with Crippen molar-refractivity contribution in [1.82, 2.24) is 15.5 Å². The van der Waals surface area contributed by atoms with E-state index in [1.165, 1.54) is 4.90 Å². The molecule has 1 saturated heterocycles. The molecule has 3 amide bonds. The van der Waals surface area contributed by atoms with Gasteiger partial charge in [-0.2, -0.15) is 0 Å². The van der Waals surface area contributed by atoms with E-state index in [0.29, 0.717) is 22.9 Å². The second-order valence-corrected chi connectivity index (χ2v) is 11.5. The van der Waals surface area contributed by atoms with Gasteiger partial charge in [0.2, 0.25) is 5.91 Å². The summed E-state index contributed by atoms with van der Waals surface area (Å²) in [6, 6.07) is 7.54. The van der Waals surface area contributed by atoms with E-state index in [1.54, 1.807) is 36.4 Å². The van der Waals surface area contributed by atoms with Crippen LogP contribution in [0.15, 0.2) is 36.4 Å². The molecule has 5 N–H and O–H groups in total. The smallest absolute Gasteiger partial charge is 0.481 e. The van der Waals surface area contributed by atoms with Crippen molar-refractivity contribution in [3.8, 4) is 0 Å². The lowest BCUT2D eigenvalue weighted by Crippen LogP contribution is -2.49. The minimum absolute atomic E-state index is 0.0310. The third kappa shape index (κ3) is 6.36. The Hall–Kier alpha value is -3.71. The number of nitrogens with one attached hydrogen (secondary N) is 2. The van der Waals surface area contributed by atoms with E-state index in [-0.39, 0.29) is 44.1 Å². The van der Waals surface area contributed by atoms with Crippen LogP contribution in [0.5, 0.6) is 0 Å². The molecule has 0 saturated carbocycles. The number of hydrogen-bond donors (Lipinski definition) is 5. The Kier molecular flexibility index (Phi) is 8.69. The number of amides is 3. The normalized spacial score (nSPS) is 20.0. The highest BCUT2D eigenvalue weighted by Gasteiger charge is 2.42. The highest BCUT2D eigenvalue weighted by molar-refractivity contribution is 6.62. The average molecular weight is 577 g/mol. The van der Waals surface area contributed by atoms with Crippen LogP contribution in [0, 0.1) is 5.92 Å². The number of nitrogens with zero attached hydrogens (tertiary/aromatic N) is 1. The maximum absolute atomic E-state index is 13.8. The zero-order valence-electron chi connectivity index (χ0n) is 23.4. The minimum atomic E-state index is -1.15. The molecule has 12 nitrogen and oxygen atoms in total. The first kappa shape index (κ1) is 29.8. The first-order valence-electron chi connectivity index (χ1n) is 14.0. The summed E-state index contributed by atoms with van der Waals surface area (Å²) in [6.07, 6.45) is 0.287. The van der Waals surface area contributed by atoms with Crippen LogP contribution in [0.2, 0.25) is 0 Å². The Morgan fingerprint density at radius 3 is 2.17 bits per heavy atom. The van der Waals surface area contributed by atoms with Crippen LogP contribution in [0.3, 0.4) is 0 Å². The van der Waals surface area contributed by atoms with Crippen LogP contribution < -0.4 is 21.6 Å². The predicted molar refractivity (Wildman–Crippen MR) is 152 cm³/mol. The number of fused-ring (bicyclic) bond motifs is 2. The molecule has 0 radical (unpaired) electrons. The molecule has 0 spiro atoms. The molecule has 220 valence electrons. The van der Waals surface area contributed by atoms with Gasteiger partial charge < -0.3 is 40.0 Å². The van der Waals surface area contributed by atoms with Gasteiger partial charge in [0.15, 0.2) is 0 Å². The number of benzene rings is 2. The maximum Gasteiger partial charge on any atom is 0.491 e. The zero-order chi connectivity index (χ0) is 30.1. The summed E-state index contributed by atoms with van der Waals surface area (Å²) in [7, 11) is -2.26. The summed E-state index contributed by atoms with van der Waals surface area (Å²) >= 11 is 0. The monoisotopic (exact) mass is 577 g/mol. The standard InChI is InChI=1S/C28H33B2N3O9/c1-15(2)7-20(11-25(34)35)31-27(37)24-10-21(32-26(36)16-3-5-18-13-41-29(39)22(18)8-16)12-33(24)28(38)17-4-6-19-14-42-30(40)23(19)9-17/h3-6,8-9,15,20-21,24,39-40H,7,10-14H2,1-2H3,(H,31,37)(H,32,36)(H,34,35)/t20-,21?,24-/m0/s1. The third-order valence-electron chi connectivity index (χ3n) is 7.85. The molecule has 2 aromatic carbocycles. The lowest BCUT2D eigenvalue weighted by atomic mass is 9.78. The lowest BCUT2D eigenvalue weighted by Gasteiger charge is -2.27. The summed E-state index contributed by atoms with van der Waals surface area (Å²) in [5.74, 6) is -2.33. The number of carbonyl (C=O) groups excluding carboxylic acids is 3. The lowest BCUT2D eigenvalue weighted by molar-refractivity contribution is -0.138. The number of carboxylic acid groups (broad SMARTS) is 1. The molecule has 42 heavy (non-hydrogen) atoms. The second kappa shape index (κ2) is 12.3. The Labute approximate surface area is 243 Å². The second-order valence-electron chi connectivity index (χ2n) is 11.5. The van der Waals surface area contributed by atoms with Crippen molar-refractivity contribution in [2.24, 2.45) is 5.92 Å². The van der Waals surface area contributed by atoms with Crippen LogP contribution in [-0.4, -0.2) is 82.7 Å². The molecule has 0 aliphatic carbocycles. The largest absolute Gasteiger partial charge is 0.491 e. The van der Waals surface area contributed by atoms with Crippen LogP contribution in [0.25, 0.3) is 0 Å². The van der Waals surface area contributed by atoms with Gasteiger partial charge in [-0.25, -0.2) is 0 Å². The van der Waals surface area contributed by atoms with Gasteiger partial charge in [0.1, 0.15) is 6.04 Å². The Morgan fingerprint density at radius 1 is 0.976 bits per heavy atom. The van der Waals surface area contributed by atoms with Gasteiger partial charge in [0.25, 0.3) is 11.8 Å². The molecule has 14 heteroatoms. The summed E-state index contributed by atoms with van der Waals surface area (Å²) in [5, 5.41) is 35.2. The van der Waals surface area contributed by atoms with Gasteiger partial charge in [0.05, 0.1) is 19.6 Å². The highest BCUT2D eigenvalue weighted by Crippen LogP contribution is 2.24. The molecule has 1 unspecified atom stereocenters. The van der Waals surface area contributed by atoms with Gasteiger partial charge in [-0.1, -0.05) is 26.0 Å². The fourth-order valence-corrected chi connectivity index (χ4v) is 5.82. The molecule has 1 fully saturated rings. The third-order valence-corrected chi connectivity index (χ3v) is 7.85. The molecule has 2 aromatic rings. The number of carboxylic acids is 1. The van der Waals surface area contributed by atoms with Crippen molar-refractivity contribution in [2.75, 3.05) is 6.54 Å². The summed E-state index contributed by atoms with van der Waals surface area (Å²) in [6.45, 7) is 4.35. The van der Waals surface area contributed by atoms with E-state index in [4.69, 9.17) is 9.31 Å². The molecule has 3 aliphatic heterocycles. The number of carbonyl (C=O) groups is 4. The summed E-state index contributed by atoms with van der Waals surface area (Å²) in [4.78, 5) is 53.3. The van der Waals surface area contributed by atoms with Gasteiger partial charge in [-0.15, -0.1) is 0 Å². The minimum Gasteiger partial charge on any atom is -0.481 e. The summed E-state index contributed by atoms with van der Waals surface area (Å²) < 4.78 is 10.4. The number of hydrogen-bond acceptors (Lipinski definition) is 8. The van der Waals surface area contributed by atoms with E-state index in [1.807, 2.05) is 13.8 Å². The summed E-state index contributed by atoms with van der Waals surface area (Å²) in [5.41, 5.74) is 3.09. The van der Waals surface area contributed by atoms with E-state index in [0.717, 1.165) is 11.1 Å². The molecule has 3 aliphatic rings.